The lowest BCUT2D eigenvalue weighted by Crippen LogP contribution is -2.42. The first-order valence-corrected chi connectivity index (χ1v) is 38.4. The van der Waals surface area contributed by atoms with Crippen molar-refractivity contribution in [2.24, 2.45) is 0 Å². The number of methoxy groups -OCH3 is 3. The van der Waals surface area contributed by atoms with E-state index in [1.807, 2.05) is 122 Å². The molecule has 9 aromatic rings. The van der Waals surface area contributed by atoms with Crippen molar-refractivity contribution in [3.8, 4) is 75.2 Å². The largest absolute Gasteiger partial charge is 0.497 e. The highest BCUT2D eigenvalue weighted by Crippen LogP contribution is 2.35. The molecule has 6 aromatic heterocycles. The lowest BCUT2D eigenvalue weighted by atomic mass is 10.2. The maximum Gasteiger partial charge on any atom is 0.410 e. The van der Waals surface area contributed by atoms with E-state index in [0.717, 1.165) is 79.0 Å². The number of hydrogen-bond acceptors (Lipinski definition) is 29. The van der Waals surface area contributed by atoms with Gasteiger partial charge < -0.3 is 69.0 Å². The summed E-state index contributed by atoms with van der Waals surface area (Å²) in [7, 11) is 4.85. The first-order valence-electron chi connectivity index (χ1n) is 34.3. The molecule has 0 bridgehead atoms. The first kappa shape index (κ1) is 80.3. The molecule has 0 aliphatic carbocycles. The average molecular weight is 1520 g/mol. The summed E-state index contributed by atoms with van der Waals surface area (Å²) in [6, 6.07) is 27.6. The summed E-state index contributed by atoms with van der Waals surface area (Å²) in [5.74, 6) is 6.08. The summed E-state index contributed by atoms with van der Waals surface area (Å²) in [4.78, 5) is 80.9. The molecule has 3 fully saturated rings. The summed E-state index contributed by atoms with van der Waals surface area (Å²) in [5, 5.41) is 15.8. The number of hydrogen-bond donors (Lipinski definition) is 4. The molecule has 28 nitrogen and oxygen atoms in total. The second kappa shape index (κ2) is 39.5. The second-order valence-electron chi connectivity index (χ2n) is 25.9. The molecule has 106 heavy (non-hydrogen) atoms. The molecule has 3 aliphatic rings. The number of benzene rings is 3. The zero-order chi connectivity index (χ0) is 75.6. The first-order chi connectivity index (χ1) is 51.1. The van der Waals surface area contributed by atoms with Gasteiger partial charge in [0, 0.05) is 63.1 Å². The molecule has 4 N–H and O–H groups in total. The standard InChI is InChI=1S/C26H32N6O4S.C21H27ClN4O4.C21H24N6O2S.C6H8N2S/c1-26(2,3)36-25(33)32-14-6-7-17(32)15-28-21-16-29-22(20-12-13-27-24(30-20)37-5)31-23(21)35-19-10-8-18(34-4)9-11-19;1-21(2,3)30-20(27)26-11-5-6-14(26)12-23-17-13-24-19(22)25-18(17)29-16-9-7-15(28-4)8-10-16;1-28-15-5-7-16(8-6-15)29-20-18(24-12-14-4-3-10-22-14)13-25-19(27-20)17-9-11-23-21(26-17)30-2;1-5-3-4-7-6(8-5)9-2/h8-13,16-17,28H,6-7,14-15H2,1-5H3;7-10,13-14,23H,5-6,11-12H2,1-4H3;5-9,11,13-14,22,24H,3-4,10,12H2,1-2H3;3-4H,1-2H3/t17-;2*14-;/m000./s1. The molecule has 562 valence electrons. The normalized spacial score (nSPS) is 15.2. The summed E-state index contributed by atoms with van der Waals surface area (Å²) in [6.07, 6.45) is 21.3. The molecule has 0 radical (unpaired) electrons. The van der Waals surface area contributed by atoms with Crippen LogP contribution in [0.15, 0.2) is 144 Å². The van der Waals surface area contributed by atoms with Crippen molar-refractivity contribution < 1.29 is 47.5 Å². The molecule has 12 rings (SSSR count). The Morgan fingerprint density at radius 3 is 1.23 bits per heavy atom. The third-order valence-electron chi connectivity index (χ3n) is 15.9. The van der Waals surface area contributed by atoms with Crippen LogP contribution in [0.25, 0.3) is 23.0 Å². The Morgan fingerprint density at radius 2 is 0.858 bits per heavy atom. The second-order valence-corrected chi connectivity index (χ2v) is 28.6. The molecule has 3 saturated heterocycles. The van der Waals surface area contributed by atoms with E-state index in [0.29, 0.717) is 112 Å². The van der Waals surface area contributed by atoms with Crippen LogP contribution in [0, 0.1) is 6.92 Å². The van der Waals surface area contributed by atoms with Crippen LogP contribution in [0.4, 0.5) is 26.7 Å². The van der Waals surface area contributed by atoms with E-state index >= 15 is 0 Å². The van der Waals surface area contributed by atoms with Gasteiger partial charge >= 0.3 is 12.2 Å². The monoisotopic (exact) mass is 1520 g/mol. The van der Waals surface area contributed by atoms with Crippen LogP contribution in [-0.2, 0) is 9.47 Å². The number of aryl methyl sites for hydroxylation is 1. The Morgan fingerprint density at radius 1 is 0.481 bits per heavy atom. The Balaban J connectivity index is 0.000000174. The number of thioether (sulfide) groups is 3. The lowest BCUT2D eigenvalue weighted by molar-refractivity contribution is 0.0224. The highest BCUT2D eigenvalue weighted by atomic mass is 35.5. The van der Waals surface area contributed by atoms with Gasteiger partial charge in [-0.3, -0.25) is 0 Å². The van der Waals surface area contributed by atoms with E-state index in [1.54, 1.807) is 116 Å². The number of ether oxygens (including phenoxy) is 8. The Labute approximate surface area is 636 Å². The fraction of sp³-hybridized carbons (Fsp3) is 0.405. The average Bonchev–Trinajstić information content (AvgIpc) is 1.10. The number of carbonyl (C=O) groups is 2. The van der Waals surface area contributed by atoms with Gasteiger partial charge in [-0.05, 0) is 215 Å². The number of carbonyl (C=O) groups excluding carboxylic acids is 2. The molecule has 0 spiro atoms. The number of halogens is 1. The van der Waals surface area contributed by atoms with Crippen LogP contribution in [0.1, 0.15) is 85.8 Å². The van der Waals surface area contributed by atoms with Crippen LogP contribution in [0.3, 0.4) is 0 Å². The fourth-order valence-electron chi connectivity index (χ4n) is 10.7. The van der Waals surface area contributed by atoms with Gasteiger partial charge in [0.05, 0.1) is 52.0 Å². The maximum absolute atomic E-state index is 12.7. The molecule has 0 unspecified atom stereocenters. The third-order valence-corrected chi connectivity index (χ3v) is 17.7. The van der Waals surface area contributed by atoms with Crippen molar-refractivity contribution >= 4 is 76.1 Å². The highest BCUT2D eigenvalue weighted by Gasteiger charge is 2.34. The molecule has 9 heterocycles. The predicted octanol–water partition coefficient (Wildman–Crippen LogP) is 15.1. The van der Waals surface area contributed by atoms with Crippen molar-refractivity contribution in [2.45, 2.75) is 132 Å². The minimum absolute atomic E-state index is 0.00404. The minimum atomic E-state index is -0.544. The van der Waals surface area contributed by atoms with Crippen LogP contribution in [-0.4, -0.2) is 190 Å². The quantitative estimate of drug-likeness (QED) is 0.0341. The number of likely N-dealkylation sites (tertiary alicyclic amines) is 2. The Bertz CT molecular complexity index is 4280. The van der Waals surface area contributed by atoms with Gasteiger partial charge in [-0.25, -0.2) is 54.4 Å². The summed E-state index contributed by atoms with van der Waals surface area (Å²) in [6.45, 7) is 17.4. The minimum Gasteiger partial charge on any atom is -0.497 e. The number of nitrogens with zero attached hydrogens (tertiary/aromatic N) is 14. The van der Waals surface area contributed by atoms with Gasteiger partial charge in [-0.1, -0.05) is 35.3 Å². The highest BCUT2D eigenvalue weighted by molar-refractivity contribution is 7.98. The van der Waals surface area contributed by atoms with Crippen LogP contribution >= 0.6 is 46.9 Å². The van der Waals surface area contributed by atoms with E-state index in [4.69, 9.17) is 49.5 Å². The summed E-state index contributed by atoms with van der Waals surface area (Å²) in [5.41, 5.74) is 3.13. The van der Waals surface area contributed by atoms with Gasteiger partial charge in [0.25, 0.3) is 0 Å². The number of rotatable bonds is 23. The van der Waals surface area contributed by atoms with E-state index in [2.05, 4.69) is 81.1 Å². The van der Waals surface area contributed by atoms with Crippen molar-refractivity contribution in [1.29, 1.82) is 0 Å². The number of nitrogens with one attached hydrogen (secondary N) is 4. The van der Waals surface area contributed by atoms with Crippen molar-refractivity contribution in [1.82, 2.24) is 74.9 Å². The van der Waals surface area contributed by atoms with Crippen molar-refractivity contribution in [3.63, 3.8) is 0 Å². The van der Waals surface area contributed by atoms with Gasteiger partial charge in [0.15, 0.2) is 27.1 Å². The van der Waals surface area contributed by atoms with E-state index in [9.17, 15) is 9.59 Å². The number of amides is 2. The van der Waals surface area contributed by atoms with Crippen LogP contribution in [0.2, 0.25) is 5.28 Å². The predicted molar refractivity (Wildman–Crippen MR) is 413 cm³/mol. The molecule has 32 heteroatoms. The smallest absolute Gasteiger partial charge is 0.410 e. The van der Waals surface area contributed by atoms with Crippen LogP contribution < -0.4 is 49.7 Å². The summed E-state index contributed by atoms with van der Waals surface area (Å²) >= 11 is 10.4. The van der Waals surface area contributed by atoms with Gasteiger partial charge in [0.2, 0.25) is 22.9 Å². The van der Waals surface area contributed by atoms with Crippen molar-refractivity contribution in [2.75, 3.05) is 95.3 Å². The molecular formula is C74H91ClN18O10S3. The topological polar surface area (TPSA) is 317 Å². The van der Waals surface area contributed by atoms with Gasteiger partial charge in [-0.2, -0.15) is 15.0 Å². The SMILES string of the molecule is COc1ccc(Oc2nc(-c3ccnc(SC)n3)ncc2NC[C@@H]2CCCN2)cc1.COc1ccc(Oc2nc(-c3ccnc(SC)n3)ncc2NC[C@@H]2CCCN2C(=O)OC(C)(C)C)cc1.COc1ccc(Oc2nc(Cl)ncc2NC[C@@H]2CCCN2C(=O)OC(C)(C)C)cc1.CSc1nccc(C)n1. The van der Waals surface area contributed by atoms with E-state index < -0.39 is 11.2 Å². The number of anilines is 3. The van der Waals surface area contributed by atoms with Crippen LogP contribution in [0.5, 0.6) is 52.1 Å². The maximum atomic E-state index is 12.7. The Hall–Kier alpha value is -9.82. The Kier molecular flexibility index (Phi) is 29.9. The molecule has 2 amide bonds. The molecule has 3 aromatic carbocycles. The number of aromatic nitrogens is 12. The molecule has 3 atom stereocenters. The lowest BCUT2D eigenvalue weighted by Gasteiger charge is -2.29. The zero-order valence-corrected chi connectivity index (χ0v) is 65.0. The molecular weight excluding hydrogens is 1430 g/mol. The zero-order valence-electron chi connectivity index (χ0n) is 61.8. The molecule has 3 aliphatic heterocycles. The summed E-state index contributed by atoms with van der Waals surface area (Å²) < 4.78 is 44.9. The van der Waals surface area contributed by atoms with E-state index in [-0.39, 0.29) is 29.6 Å². The van der Waals surface area contributed by atoms with E-state index in [1.165, 1.54) is 29.9 Å². The fourth-order valence-corrected chi connectivity index (χ4v) is 11.9. The third kappa shape index (κ3) is 24.9. The van der Waals surface area contributed by atoms with Gasteiger partial charge in [0.1, 0.15) is 74.1 Å². The van der Waals surface area contributed by atoms with Crippen molar-refractivity contribution in [3.05, 3.63) is 139 Å². The van der Waals surface area contributed by atoms with Gasteiger partial charge in [-0.15, -0.1) is 0 Å². The molecule has 0 saturated carbocycles.